The van der Waals surface area contributed by atoms with E-state index in [9.17, 15) is 4.79 Å². The molecule has 0 spiro atoms. The van der Waals surface area contributed by atoms with Crippen molar-refractivity contribution >= 4 is 12.4 Å². The van der Waals surface area contributed by atoms with Gasteiger partial charge >= 0.3 is 6.09 Å². The van der Waals surface area contributed by atoms with Gasteiger partial charge in [0.15, 0.2) is 0 Å². The van der Waals surface area contributed by atoms with Crippen LogP contribution >= 0.6 is 0 Å². The predicted molar refractivity (Wildman–Crippen MR) is 31.3 cm³/mol. The van der Waals surface area contributed by atoms with E-state index in [-0.39, 0.29) is 5.01 Å². The maximum atomic E-state index is 10.7. The summed E-state index contributed by atoms with van der Waals surface area (Å²) >= 11 is 0. The van der Waals surface area contributed by atoms with Gasteiger partial charge in [0.2, 0.25) is 6.34 Å². The third kappa shape index (κ3) is 1.35. The molecule has 0 aromatic rings. The van der Waals surface area contributed by atoms with Crippen LogP contribution in [0, 0.1) is 0 Å². The summed E-state index contributed by atoms with van der Waals surface area (Å²) in [6, 6.07) is 0. The Morgan fingerprint density at radius 3 is 3.10 bits per heavy atom. The number of ether oxygens (including phenoxy) is 1. The molecule has 1 aliphatic rings. The lowest BCUT2D eigenvalue weighted by atomic mass is 10.8. The number of amides is 1. The lowest BCUT2D eigenvalue weighted by Gasteiger charge is -1.96. The van der Waals surface area contributed by atoms with E-state index in [1.54, 1.807) is 6.92 Å². The Labute approximate surface area is 57.1 Å². The molecule has 0 fully saturated rings. The number of carbonyl (C=O) groups is 1. The zero-order chi connectivity index (χ0) is 7.40. The number of hydrogen-bond acceptors (Lipinski definition) is 5. The van der Waals surface area contributed by atoms with Crippen LogP contribution in [0.3, 0.4) is 0 Å². The Morgan fingerprint density at radius 2 is 2.60 bits per heavy atom. The topological polar surface area (TPSA) is 67.8 Å². The van der Waals surface area contributed by atoms with Gasteiger partial charge in [0.1, 0.15) is 0 Å². The Hall–Kier alpha value is -1.30. The third-order valence-corrected chi connectivity index (χ3v) is 0.869. The molecular weight excluding hydrogens is 136 g/mol. The second-order valence-corrected chi connectivity index (χ2v) is 1.54. The maximum absolute atomic E-state index is 10.7. The van der Waals surface area contributed by atoms with E-state index in [0.717, 1.165) is 0 Å². The molecule has 1 N–H and O–H groups in total. The average molecular weight is 143 g/mol. The molecule has 10 heavy (non-hydrogen) atoms. The quantitative estimate of drug-likeness (QED) is 0.530. The summed E-state index contributed by atoms with van der Waals surface area (Å²) in [5, 5.41) is 10.1. The van der Waals surface area contributed by atoms with E-state index in [4.69, 9.17) is 0 Å². The van der Waals surface area contributed by atoms with Gasteiger partial charge in [0.25, 0.3) is 0 Å². The number of nitrogens with zero attached hydrogens (tertiary/aromatic N) is 3. The average Bonchev–Trinajstić information content (AvgIpc) is 2.38. The van der Waals surface area contributed by atoms with Gasteiger partial charge in [-0.1, -0.05) is 5.10 Å². The predicted octanol–water partition coefficient (Wildman–Crippen LogP) is -0.648. The minimum absolute atomic E-state index is 0.154. The summed E-state index contributed by atoms with van der Waals surface area (Å²) in [5.41, 5.74) is 0. The molecule has 1 amide bonds. The summed E-state index contributed by atoms with van der Waals surface area (Å²) in [7, 11) is 0. The number of alkyl carbamates (subject to hydrolysis) is 1. The van der Waals surface area contributed by atoms with Crippen LogP contribution in [0.1, 0.15) is 6.92 Å². The van der Waals surface area contributed by atoms with Crippen molar-refractivity contribution < 1.29 is 14.5 Å². The molecule has 1 unspecified atom stereocenters. The highest BCUT2D eigenvalue weighted by molar-refractivity contribution is 5.66. The molecule has 1 atom stereocenters. The van der Waals surface area contributed by atoms with Gasteiger partial charge in [0, 0.05) is 5.22 Å². The molecule has 0 aliphatic carbocycles. The van der Waals surface area contributed by atoms with E-state index >= 15 is 0 Å². The first-order valence-electron chi connectivity index (χ1n) is 2.82. The minimum atomic E-state index is -0.479. The molecular formula is C4H7N4O2+. The molecule has 1 rings (SSSR count). The van der Waals surface area contributed by atoms with Crippen LogP contribution in [-0.2, 0) is 4.74 Å². The lowest BCUT2D eigenvalue weighted by Crippen LogP contribution is -3.08. The highest BCUT2D eigenvalue weighted by atomic mass is 16.6. The molecule has 6 nitrogen and oxygen atoms in total. The van der Waals surface area contributed by atoms with Crippen molar-refractivity contribution in [2.45, 2.75) is 6.92 Å². The van der Waals surface area contributed by atoms with Crippen molar-refractivity contribution in [3.63, 3.8) is 0 Å². The van der Waals surface area contributed by atoms with Crippen LogP contribution in [0.4, 0.5) is 4.79 Å². The van der Waals surface area contributed by atoms with Crippen LogP contribution in [0.15, 0.2) is 15.5 Å². The molecule has 0 saturated heterocycles. The van der Waals surface area contributed by atoms with Gasteiger partial charge in [0.05, 0.1) is 11.8 Å². The van der Waals surface area contributed by atoms with Crippen LogP contribution in [-0.4, -0.2) is 19.0 Å². The third-order valence-electron chi connectivity index (χ3n) is 0.869. The Morgan fingerprint density at radius 1 is 1.80 bits per heavy atom. The lowest BCUT2D eigenvalue weighted by molar-refractivity contribution is -0.725. The van der Waals surface area contributed by atoms with Crippen molar-refractivity contribution in [1.29, 1.82) is 0 Å². The molecule has 0 radical (unpaired) electrons. The fourth-order valence-corrected chi connectivity index (χ4v) is 0.479. The summed E-state index contributed by atoms with van der Waals surface area (Å²) in [6.45, 7) is 2.06. The number of nitrogens with one attached hydrogen (secondary N) is 1. The van der Waals surface area contributed by atoms with Crippen LogP contribution in [0.25, 0.3) is 0 Å². The van der Waals surface area contributed by atoms with Crippen LogP contribution < -0.4 is 5.01 Å². The zero-order valence-corrected chi connectivity index (χ0v) is 5.44. The van der Waals surface area contributed by atoms with Crippen molar-refractivity contribution in [1.82, 2.24) is 0 Å². The van der Waals surface area contributed by atoms with Crippen molar-refractivity contribution in [3.05, 3.63) is 0 Å². The molecule has 0 bridgehead atoms. The minimum Gasteiger partial charge on any atom is -0.418 e. The SMILES string of the molecule is CCOC(=O)[NH+]1C=NN=N1. The van der Waals surface area contributed by atoms with Gasteiger partial charge < -0.3 is 4.74 Å². The van der Waals surface area contributed by atoms with Gasteiger partial charge in [-0.25, -0.2) is 0 Å². The van der Waals surface area contributed by atoms with Gasteiger partial charge in [-0.15, -0.1) is 0 Å². The molecule has 0 aromatic heterocycles. The van der Waals surface area contributed by atoms with E-state index in [1.165, 1.54) is 6.34 Å². The first-order chi connectivity index (χ1) is 4.84. The molecule has 0 aromatic carbocycles. The monoisotopic (exact) mass is 143 g/mol. The van der Waals surface area contributed by atoms with Crippen molar-refractivity contribution in [2.75, 3.05) is 6.61 Å². The normalized spacial score (nSPS) is 21.5. The fraction of sp³-hybridized carbons (Fsp3) is 0.500. The summed E-state index contributed by atoms with van der Waals surface area (Å²) < 4.78 is 4.60. The molecule has 54 valence electrons. The smallest absolute Gasteiger partial charge is 0.418 e. The standard InChI is InChI=1S/C4H6N4O2/c1-2-10-4(9)8-3-5-6-7-8/h3H,2H2,1H3/p+1. The van der Waals surface area contributed by atoms with E-state index in [0.29, 0.717) is 6.61 Å². The number of hydrogen-bond donors (Lipinski definition) is 1. The maximum Gasteiger partial charge on any atom is 0.549 e. The van der Waals surface area contributed by atoms with Crippen molar-refractivity contribution in [2.24, 2.45) is 15.5 Å². The Balaban J connectivity index is 2.42. The number of carbonyl (C=O) groups excluding carboxylic acids is 1. The highest BCUT2D eigenvalue weighted by Crippen LogP contribution is 1.76. The van der Waals surface area contributed by atoms with Gasteiger partial charge in [-0.05, 0) is 11.9 Å². The first-order valence-corrected chi connectivity index (χ1v) is 2.82. The molecule has 6 heteroatoms. The molecule has 0 saturated carbocycles. The van der Waals surface area contributed by atoms with E-state index in [2.05, 4.69) is 20.3 Å². The van der Waals surface area contributed by atoms with Gasteiger partial charge in [-0.2, -0.15) is 4.79 Å². The summed E-state index contributed by atoms with van der Waals surface area (Å²) in [5.74, 6) is 0. The summed E-state index contributed by atoms with van der Waals surface area (Å²) in [6.07, 6.45) is 0.783. The Kier molecular flexibility index (Phi) is 2.06. The second-order valence-electron chi connectivity index (χ2n) is 1.54. The molecule has 1 heterocycles. The van der Waals surface area contributed by atoms with Crippen LogP contribution in [0.2, 0.25) is 0 Å². The van der Waals surface area contributed by atoms with Gasteiger partial charge in [-0.3, -0.25) is 0 Å². The zero-order valence-electron chi connectivity index (χ0n) is 5.44. The largest absolute Gasteiger partial charge is 0.549 e. The summed E-state index contributed by atoms with van der Waals surface area (Å²) in [4.78, 5) is 10.7. The Bertz CT molecular complexity index is 176. The number of rotatable bonds is 1. The fourth-order valence-electron chi connectivity index (χ4n) is 0.479. The van der Waals surface area contributed by atoms with Crippen molar-refractivity contribution in [3.8, 4) is 0 Å². The van der Waals surface area contributed by atoms with E-state index in [1.807, 2.05) is 0 Å². The number of quaternary nitrogens is 1. The molecule has 1 aliphatic heterocycles. The van der Waals surface area contributed by atoms with Crippen LogP contribution in [0.5, 0.6) is 0 Å². The highest BCUT2D eigenvalue weighted by Gasteiger charge is 2.22. The second kappa shape index (κ2) is 3.02. The first kappa shape index (κ1) is 6.81. The van der Waals surface area contributed by atoms with E-state index < -0.39 is 6.09 Å².